The predicted octanol–water partition coefficient (Wildman–Crippen LogP) is 1.19. The van der Waals surface area contributed by atoms with E-state index in [2.05, 4.69) is 10.7 Å². The lowest BCUT2D eigenvalue weighted by Crippen LogP contribution is -2.52. The van der Waals surface area contributed by atoms with Gasteiger partial charge in [-0.15, -0.1) is 0 Å². The third-order valence-electron chi connectivity index (χ3n) is 6.28. The van der Waals surface area contributed by atoms with Crippen molar-refractivity contribution in [2.75, 3.05) is 62.3 Å². The molecule has 0 saturated carbocycles. The standard InChI is InChI=1S/C22H28F4N6O5/c23-16-9-14(31-12-15(37-22(31)35)11-27-20(33)19(25)26)10-17(24)18(16)30-4-3-28-32(6-5-30)21(34)29-13-1-7-36-8-2-13/h9-10,13,15,19,28H,1-8,11-12H2,(H,27,33)(H,29,34)/t15-/m0/s1. The summed E-state index contributed by atoms with van der Waals surface area (Å²) in [6.07, 6.45) is -3.68. The first-order valence-electron chi connectivity index (χ1n) is 11.9. The minimum atomic E-state index is -3.22. The van der Waals surface area contributed by atoms with E-state index in [1.165, 1.54) is 9.91 Å². The number of hydrazine groups is 1. The summed E-state index contributed by atoms with van der Waals surface area (Å²) in [5.74, 6) is -3.35. The molecule has 0 bridgehead atoms. The Labute approximate surface area is 210 Å². The summed E-state index contributed by atoms with van der Waals surface area (Å²) < 4.78 is 65.1. The number of amides is 4. The second kappa shape index (κ2) is 11.8. The van der Waals surface area contributed by atoms with Gasteiger partial charge < -0.3 is 25.0 Å². The number of cyclic esters (lactones) is 1. The fourth-order valence-corrected chi connectivity index (χ4v) is 4.36. The monoisotopic (exact) mass is 532 g/mol. The fourth-order valence-electron chi connectivity index (χ4n) is 4.36. The molecule has 204 valence electrons. The lowest BCUT2D eigenvalue weighted by atomic mass is 10.1. The largest absolute Gasteiger partial charge is 0.442 e. The Bertz CT molecular complexity index is 989. The summed E-state index contributed by atoms with van der Waals surface area (Å²) in [4.78, 5) is 38.2. The van der Waals surface area contributed by atoms with Crippen LogP contribution in [0.25, 0.3) is 0 Å². The van der Waals surface area contributed by atoms with Crippen LogP contribution in [0.1, 0.15) is 12.8 Å². The Morgan fingerprint density at radius 1 is 1.11 bits per heavy atom. The van der Waals surface area contributed by atoms with Crippen molar-refractivity contribution < 1.29 is 41.4 Å². The van der Waals surface area contributed by atoms with Crippen molar-refractivity contribution in [3.63, 3.8) is 0 Å². The third kappa shape index (κ3) is 6.52. The molecule has 37 heavy (non-hydrogen) atoms. The van der Waals surface area contributed by atoms with Crippen LogP contribution in [0.2, 0.25) is 0 Å². The molecular formula is C22H28F4N6O5. The quantitative estimate of drug-likeness (QED) is 0.472. The number of nitrogens with one attached hydrogen (secondary N) is 3. The van der Waals surface area contributed by atoms with Gasteiger partial charge in [-0.1, -0.05) is 0 Å². The maximum absolute atomic E-state index is 15.1. The van der Waals surface area contributed by atoms with Crippen LogP contribution in [-0.4, -0.2) is 94.1 Å². The lowest BCUT2D eigenvalue weighted by molar-refractivity contribution is -0.132. The van der Waals surface area contributed by atoms with Gasteiger partial charge in [0, 0.05) is 51.0 Å². The Kier molecular flexibility index (Phi) is 8.53. The summed E-state index contributed by atoms with van der Waals surface area (Å²) in [7, 11) is 0. The second-order valence-corrected chi connectivity index (χ2v) is 8.80. The topological polar surface area (TPSA) is 115 Å². The lowest BCUT2D eigenvalue weighted by Gasteiger charge is -2.28. The van der Waals surface area contributed by atoms with E-state index in [1.54, 1.807) is 0 Å². The Morgan fingerprint density at radius 2 is 1.81 bits per heavy atom. The zero-order valence-corrected chi connectivity index (χ0v) is 19.9. The highest BCUT2D eigenvalue weighted by Crippen LogP contribution is 2.31. The molecule has 0 unspecified atom stereocenters. The van der Waals surface area contributed by atoms with Gasteiger partial charge in [-0.2, -0.15) is 8.78 Å². The highest BCUT2D eigenvalue weighted by atomic mass is 19.3. The molecule has 1 aromatic carbocycles. The van der Waals surface area contributed by atoms with Crippen LogP contribution in [0.4, 0.5) is 38.5 Å². The van der Waals surface area contributed by atoms with E-state index < -0.39 is 36.2 Å². The molecular weight excluding hydrogens is 504 g/mol. The predicted molar refractivity (Wildman–Crippen MR) is 122 cm³/mol. The van der Waals surface area contributed by atoms with E-state index in [0.717, 1.165) is 17.0 Å². The number of ether oxygens (including phenoxy) is 2. The first-order valence-corrected chi connectivity index (χ1v) is 11.9. The van der Waals surface area contributed by atoms with Crippen LogP contribution in [0, 0.1) is 11.6 Å². The van der Waals surface area contributed by atoms with E-state index in [9.17, 15) is 23.2 Å². The van der Waals surface area contributed by atoms with Gasteiger partial charge in [-0.25, -0.2) is 23.8 Å². The number of hydrogen-bond acceptors (Lipinski definition) is 7. The number of urea groups is 1. The first-order chi connectivity index (χ1) is 17.7. The summed E-state index contributed by atoms with van der Waals surface area (Å²) in [5, 5.41) is 6.25. The third-order valence-corrected chi connectivity index (χ3v) is 6.28. The highest BCUT2D eigenvalue weighted by molar-refractivity contribution is 5.90. The maximum atomic E-state index is 15.1. The molecule has 3 aliphatic rings. The number of rotatable bonds is 6. The van der Waals surface area contributed by atoms with Crippen molar-refractivity contribution in [3.8, 4) is 0 Å². The zero-order chi connectivity index (χ0) is 26.5. The van der Waals surface area contributed by atoms with Crippen LogP contribution in [-0.2, 0) is 14.3 Å². The van der Waals surface area contributed by atoms with Crippen molar-refractivity contribution in [1.29, 1.82) is 0 Å². The van der Waals surface area contributed by atoms with Crippen molar-refractivity contribution in [1.82, 2.24) is 21.1 Å². The first kappa shape index (κ1) is 26.7. The number of anilines is 2. The molecule has 11 nitrogen and oxygen atoms in total. The smallest absolute Gasteiger partial charge is 0.414 e. The van der Waals surface area contributed by atoms with Gasteiger partial charge in [0.05, 0.1) is 25.3 Å². The van der Waals surface area contributed by atoms with E-state index in [0.29, 0.717) is 26.1 Å². The van der Waals surface area contributed by atoms with Crippen LogP contribution in [0.3, 0.4) is 0 Å². The summed E-state index contributed by atoms with van der Waals surface area (Å²) >= 11 is 0. The number of halogens is 4. The SMILES string of the molecule is O=C(NC[C@H]1CN(c2cc(F)c(N3CCNN(C(=O)NC4CCOCC4)CC3)c(F)c2)C(=O)O1)C(F)F. The molecule has 0 aliphatic carbocycles. The van der Waals surface area contributed by atoms with Crippen LogP contribution >= 0.6 is 0 Å². The van der Waals surface area contributed by atoms with Crippen LogP contribution in [0.15, 0.2) is 12.1 Å². The Morgan fingerprint density at radius 3 is 2.49 bits per heavy atom. The molecule has 4 rings (SSSR count). The van der Waals surface area contributed by atoms with E-state index >= 15 is 8.78 Å². The zero-order valence-electron chi connectivity index (χ0n) is 19.9. The van der Waals surface area contributed by atoms with Crippen molar-refractivity contribution in [2.24, 2.45) is 0 Å². The molecule has 0 spiro atoms. The van der Waals surface area contributed by atoms with Gasteiger partial charge in [0.1, 0.15) is 11.8 Å². The average molecular weight is 532 g/mol. The van der Waals surface area contributed by atoms with Crippen molar-refractivity contribution in [2.45, 2.75) is 31.4 Å². The van der Waals surface area contributed by atoms with Gasteiger partial charge in [0.25, 0.3) is 5.91 Å². The minimum Gasteiger partial charge on any atom is -0.442 e. The van der Waals surface area contributed by atoms with Gasteiger partial charge >= 0.3 is 18.5 Å². The Hall–Kier alpha value is -3.33. The molecule has 4 amide bonds. The number of carbonyl (C=O) groups is 3. The molecule has 0 radical (unpaired) electrons. The number of nitrogens with zero attached hydrogens (tertiary/aromatic N) is 3. The highest BCUT2D eigenvalue weighted by Gasteiger charge is 2.34. The van der Waals surface area contributed by atoms with E-state index in [1.807, 2.05) is 5.32 Å². The van der Waals surface area contributed by atoms with E-state index in [-0.39, 0.29) is 62.7 Å². The van der Waals surface area contributed by atoms with Gasteiger partial charge in [-0.05, 0) is 12.8 Å². The van der Waals surface area contributed by atoms with Crippen molar-refractivity contribution in [3.05, 3.63) is 23.8 Å². The molecule has 3 saturated heterocycles. The normalized spacial score (nSPS) is 21.2. The molecule has 1 atom stereocenters. The molecule has 15 heteroatoms. The average Bonchev–Trinajstić information content (AvgIpc) is 3.07. The number of alkyl halides is 2. The van der Waals surface area contributed by atoms with Crippen LogP contribution in [0.5, 0.6) is 0 Å². The van der Waals surface area contributed by atoms with Gasteiger partial charge in [0.2, 0.25) is 0 Å². The van der Waals surface area contributed by atoms with E-state index in [4.69, 9.17) is 9.47 Å². The molecule has 0 aromatic heterocycles. The summed E-state index contributed by atoms with van der Waals surface area (Å²) in [6.45, 7) is 1.38. The molecule has 1 aromatic rings. The van der Waals surface area contributed by atoms with Crippen LogP contribution < -0.4 is 25.9 Å². The van der Waals surface area contributed by atoms with Gasteiger partial charge in [0.15, 0.2) is 11.6 Å². The Balaban J connectivity index is 1.37. The molecule has 3 N–H and O–H groups in total. The second-order valence-electron chi connectivity index (χ2n) is 8.80. The summed E-state index contributed by atoms with van der Waals surface area (Å²) in [5.41, 5.74) is 2.55. The van der Waals surface area contributed by atoms with Gasteiger partial charge in [-0.3, -0.25) is 14.7 Å². The van der Waals surface area contributed by atoms with Crippen molar-refractivity contribution >= 4 is 29.4 Å². The number of benzene rings is 1. The summed E-state index contributed by atoms with van der Waals surface area (Å²) in [6, 6.07) is 1.64. The molecule has 3 fully saturated rings. The molecule has 3 heterocycles. The fraction of sp³-hybridized carbons (Fsp3) is 0.591. The maximum Gasteiger partial charge on any atom is 0.414 e. The minimum absolute atomic E-state index is 0.00212. The number of hydrogen-bond donors (Lipinski definition) is 3. The molecule has 3 aliphatic heterocycles. The number of carbonyl (C=O) groups excluding carboxylic acids is 3.